The molecule has 92 heavy (non-hydrogen) atoms. The molecule has 0 radical (unpaired) electrons. The molecule has 0 fully saturated rings. The van der Waals surface area contributed by atoms with Crippen molar-refractivity contribution in [2.75, 3.05) is 0 Å². The fraction of sp³-hybridized carbons (Fsp3) is 0.158. The van der Waals surface area contributed by atoms with Crippen molar-refractivity contribution in [2.24, 2.45) is 0 Å². The van der Waals surface area contributed by atoms with Gasteiger partial charge in [0.15, 0.2) is 0 Å². The van der Waals surface area contributed by atoms with Gasteiger partial charge in [0.1, 0.15) is 0 Å². The average molecular weight is 1480 g/mol. The van der Waals surface area contributed by atoms with Crippen LogP contribution in [0.5, 0.6) is 0 Å². The quantitative estimate of drug-likeness (QED) is 0.0500. The van der Waals surface area contributed by atoms with Gasteiger partial charge in [-0.2, -0.15) is 0 Å². The van der Waals surface area contributed by atoms with Gasteiger partial charge in [0.2, 0.25) is 0 Å². The smallest absolute Gasteiger partial charge is 0.0474 e. The highest BCUT2D eigenvalue weighted by Gasteiger charge is 2.20. The summed E-state index contributed by atoms with van der Waals surface area (Å²) in [4.78, 5) is 40.5. The molecule has 0 aromatic carbocycles. The Morgan fingerprint density at radius 3 is 0.489 bits per heavy atom. The molecule has 0 aliphatic rings. The number of hydrogen-bond donors (Lipinski definition) is 0. The van der Waals surface area contributed by atoms with Gasteiger partial charge in [-0.15, -0.1) is 181 Å². The Balaban J connectivity index is 0.527. The van der Waals surface area contributed by atoms with Crippen LogP contribution in [0.4, 0.5) is 0 Å². The predicted octanol–water partition coefficient (Wildman–Crippen LogP) is 31.9. The van der Waals surface area contributed by atoms with E-state index in [0.717, 1.165) is 0 Å². The van der Waals surface area contributed by atoms with Crippen molar-refractivity contribution >= 4 is 181 Å². The largest absolute Gasteiger partial charge is 0.143 e. The molecule has 16 rings (SSSR count). The maximum Gasteiger partial charge on any atom is 0.0474 e. The molecule has 458 valence electrons. The van der Waals surface area contributed by atoms with Crippen LogP contribution in [-0.4, -0.2) is 0 Å². The minimum Gasteiger partial charge on any atom is -0.143 e. The van der Waals surface area contributed by atoms with Gasteiger partial charge in [-0.1, -0.05) is 52.4 Å². The Labute approximate surface area is 602 Å². The number of thiophene rings is 16. The Morgan fingerprint density at radius 2 is 0.326 bits per heavy atom. The second-order valence-electron chi connectivity index (χ2n) is 22.5. The van der Waals surface area contributed by atoms with E-state index < -0.39 is 0 Å². The van der Waals surface area contributed by atoms with E-state index in [1.807, 2.05) is 181 Å². The molecule has 16 aromatic rings. The van der Waals surface area contributed by atoms with E-state index in [-0.39, 0.29) is 0 Å². The van der Waals surface area contributed by atoms with Crippen molar-refractivity contribution in [3.8, 4) is 146 Å². The fourth-order valence-corrected chi connectivity index (χ4v) is 28.9. The molecule has 0 nitrogen and oxygen atoms in total. The molecule has 0 aliphatic heterocycles. The van der Waals surface area contributed by atoms with Crippen molar-refractivity contribution in [1.82, 2.24) is 0 Å². The van der Waals surface area contributed by atoms with Crippen molar-refractivity contribution in [2.45, 2.75) is 78.1 Å². The van der Waals surface area contributed by atoms with E-state index in [1.54, 1.807) is 0 Å². The highest BCUT2D eigenvalue weighted by atomic mass is 32.2. The standard InChI is InChI=1S/C76H58S16/c1-3-5-7-9-11-45-41-43-77-75(45)73-39-37-71(91-73)69-35-33-67(89-69)65-31-29-63(87-65)61-27-25-59(85-61)57-23-21-55(83-57)53-19-17-51(81-53)49-15-13-47(79-49)48-14-16-50(80-48)52-18-20-54(82-52)56-22-24-58(84-56)60-26-28-62(86-60)64-30-32-66(88-64)68-34-36-70(90-68)72-38-40-74(92-72)76-46(42-44-78-76)12-10-8-6-4-2/h13-44H,3-12H2,1-2H3. The van der Waals surface area contributed by atoms with E-state index >= 15 is 0 Å². The first-order chi connectivity index (χ1) is 45.4. The van der Waals surface area contributed by atoms with Crippen molar-refractivity contribution in [3.63, 3.8) is 0 Å². The molecule has 16 heteroatoms. The van der Waals surface area contributed by atoms with Gasteiger partial charge < -0.3 is 0 Å². The molecule has 0 bridgehead atoms. The topological polar surface area (TPSA) is 0 Å². The summed E-state index contributed by atoms with van der Waals surface area (Å²) < 4.78 is 0. The fourth-order valence-electron chi connectivity index (χ4n) is 11.4. The second-order valence-corrected chi connectivity index (χ2v) is 39.5. The normalized spacial score (nSPS) is 11.8. The molecule has 0 spiro atoms. The molecule has 0 atom stereocenters. The zero-order chi connectivity index (χ0) is 61.5. The molecule has 0 aliphatic carbocycles. The van der Waals surface area contributed by atoms with Crippen LogP contribution < -0.4 is 0 Å². The van der Waals surface area contributed by atoms with Crippen LogP contribution in [0.2, 0.25) is 0 Å². The molecule has 0 saturated heterocycles. The zero-order valence-electron chi connectivity index (χ0n) is 50.1. The minimum absolute atomic E-state index is 1.19. The van der Waals surface area contributed by atoms with Crippen LogP contribution in [0, 0.1) is 0 Å². The van der Waals surface area contributed by atoms with Gasteiger partial charge in [-0.25, -0.2) is 0 Å². The van der Waals surface area contributed by atoms with Crippen LogP contribution in [-0.2, 0) is 12.8 Å². The van der Waals surface area contributed by atoms with Crippen LogP contribution in [0.25, 0.3) is 146 Å². The zero-order valence-corrected chi connectivity index (χ0v) is 63.1. The first kappa shape index (κ1) is 62.0. The lowest BCUT2D eigenvalue weighted by atomic mass is 10.1. The lowest BCUT2D eigenvalue weighted by Crippen LogP contribution is -1.85. The summed E-state index contributed by atoms with van der Waals surface area (Å²) in [5, 5.41) is 4.55. The summed E-state index contributed by atoms with van der Waals surface area (Å²) in [6, 6.07) is 69.6. The highest BCUT2D eigenvalue weighted by Crippen LogP contribution is 2.52. The molecule has 0 amide bonds. The van der Waals surface area contributed by atoms with Gasteiger partial charge in [0, 0.05) is 146 Å². The van der Waals surface area contributed by atoms with Gasteiger partial charge in [0.25, 0.3) is 0 Å². The molecular weight excluding hydrogens is 1430 g/mol. The molecular formula is C76H58S16. The summed E-state index contributed by atoms with van der Waals surface area (Å²) in [6.07, 6.45) is 12.8. The lowest BCUT2D eigenvalue weighted by Gasteiger charge is -2.02. The van der Waals surface area contributed by atoms with E-state index in [1.165, 1.54) is 222 Å². The van der Waals surface area contributed by atoms with E-state index in [2.05, 4.69) is 207 Å². The first-order valence-electron chi connectivity index (χ1n) is 31.0. The SMILES string of the molecule is CCCCCCc1ccsc1-c1ccc(-c2ccc(-c3ccc(-c4ccc(-c5ccc(-c6ccc(-c7ccc(-c8ccc(-c9ccc(-c%10ccc(-c%11ccc(-c%12ccc(-c%13ccc(-c%14ccc(-c%15sccc%15CCCCCC)s%14)s%13)s%12)s%11)s%10)s9)s8)s7)s6)s5)s4)s3)s2)s1. The number of aryl methyl sites for hydroxylation is 2. The van der Waals surface area contributed by atoms with Gasteiger partial charge in [0.05, 0.1) is 0 Å². The third kappa shape index (κ3) is 13.3. The third-order valence-corrected chi connectivity index (χ3v) is 36.2. The number of hydrogen-bond acceptors (Lipinski definition) is 16. The number of unbranched alkanes of at least 4 members (excludes halogenated alkanes) is 6. The third-order valence-electron chi connectivity index (χ3n) is 16.2. The first-order valence-corrected chi connectivity index (χ1v) is 44.2. The summed E-state index contributed by atoms with van der Waals surface area (Å²) in [7, 11) is 0. The summed E-state index contributed by atoms with van der Waals surface area (Å²) in [5.41, 5.74) is 3.04. The Kier molecular flexibility index (Phi) is 19.0. The summed E-state index contributed by atoms with van der Waals surface area (Å²) in [5.74, 6) is 0. The molecule has 0 unspecified atom stereocenters. The van der Waals surface area contributed by atoms with Crippen LogP contribution in [0.3, 0.4) is 0 Å². The molecule has 16 aromatic heterocycles. The molecule has 16 heterocycles. The molecule has 0 saturated carbocycles. The highest BCUT2D eigenvalue weighted by molar-refractivity contribution is 7.34. The predicted molar refractivity (Wildman–Crippen MR) is 430 cm³/mol. The van der Waals surface area contributed by atoms with E-state index in [0.29, 0.717) is 0 Å². The minimum atomic E-state index is 1.19. The van der Waals surface area contributed by atoms with Gasteiger partial charge in [-0.3, -0.25) is 0 Å². The van der Waals surface area contributed by atoms with Crippen molar-refractivity contribution in [1.29, 1.82) is 0 Å². The maximum atomic E-state index is 2.34. The maximum absolute atomic E-state index is 2.34. The number of rotatable bonds is 25. The van der Waals surface area contributed by atoms with Gasteiger partial charge in [-0.05, 0) is 230 Å². The van der Waals surface area contributed by atoms with Crippen LogP contribution in [0.1, 0.15) is 76.3 Å². The average Bonchev–Trinajstić information content (AvgIpc) is 1.88. The van der Waals surface area contributed by atoms with E-state index in [4.69, 9.17) is 0 Å². The Bertz CT molecular complexity index is 4770. The van der Waals surface area contributed by atoms with Crippen LogP contribution >= 0.6 is 181 Å². The Hall–Kier alpha value is -4.80. The van der Waals surface area contributed by atoms with E-state index in [9.17, 15) is 0 Å². The summed E-state index contributed by atoms with van der Waals surface area (Å²) in [6.45, 7) is 4.58. The monoisotopic (exact) mass is 1480 g/mol. The van der Waals surface area contributed by atoms with Gasteiger partial charge >= 0.3 is 0 Å². The van der Waals surface area contributed by atoms with Crippen molar-refractivity contribution < 1.29 is 0 Å². The van der Waals surface area contributed by atoms with Crippen molar-refractivity contribution in [3.05, 3.63) is 204 Å². The van der Waals surface area contributed by atoms with Crippen LogP contribution in [0.15, 0.2) is 193 Å². The Morgan fingerprint density at radius 1 is 0.174 bits per heavy atom. The summed E-state index contributed by atoms with van der Waals surface area (Å²) >= 11 is 30.6. The lowest BCUT2D eigenvalue weighted by molar-refractivity contribution is 0.668. The molecule has 0 N–H and O–H groups in total. The second kappa shape index (κ2) is 28.1.